The van der Waals surface area contributed by atoms with Crippen molar-refractivity contribution in [3.8, 4) is 0 Å². The van der Waals surface area contributed by atoms with Crippen molar-refractivity contribution >= 4 is 23.5 Å². The second-order valence-corrected chi connectivity index (χ2v) is 3.64. The number of rotatable bonds is 4. The van der Waals surface area contributed by atoms with Crippen LogP contribution < -0.4 is 0 Å². The second-order valence-electron chi connectivity index (χ2n) is 2.76. The van der Waals surface area contributed by atoms with Gasteiger partial charge in [-0.3, -0.25) is 4.79 Å². The molecule has 0 aliphatic rings. The third-order valence-corrected chi connectivity index (χ3v) is 2.50. The molecule has 1 N–H and O–H groups in total. The van der Waals surface area contributed by atoms with E-state index in [2.05, 4.69) is 0 Å². The first-order valence-corrected chi connectivity index (χ1v) is 5.45. The van der Waals surface area contributed by atoms with Crippen LogP contribution in [0.3, 0.4) is 0 Å². The molecule has 1 aromatic rings. The molecule has 0 bridgehead atoms. The number of thioether (sulfide) groups is 1. The molecule has 0 heterocycles. The normalized spacial score (nSPS) is 10.5. The number of carbonyl (C=O) groups is 2. The van der Waals surface area contributed by atoms with Crippen molar-refractivity contribution in [1.82, 2.24) is 0 Å². The Bertz CT molecular complexity index is 393. The monoisotopic (exact) mass is 222 g/mol. The first-order valence-electron chi connectivity index (χ1n) is 4.23. The number of aliphatic carboxylic acids is 1. The molecule has 1 aromatic carbocycles. The van der Waals surface area contributed by atoms with E-state index in [0.717, 1.165) is 17.0 Å². The number of carboxylic acids is 1. The summed E-state index contributed by atoms with van der Waals surface area (Å²) >= 11 is 1.58. The Morgan fingerprint density at radius 3 is 2.27 bits per heavy atom. The van der Waals surface area contributed by atoms with E-state index < -0.39 is 5.97 Å². The zero-order valence-electron chi connectivity index (χ0n) is 8.14. The molecule has 0 unspecified atom stereocenters. The average Bonchev–Trinajstić information content (AvgIpc) is 2.26. The number of hydrogen-bond donors (Lipinski definition) is 1. The highest BCUT2D eigenvalue weighted by molar-refractivity contribution is 7.98. The van der Waals surface area contributed by atoms with Crippen molar-refractivity contribution in [3.63, 3.8) is 0 Å². The van der Waals surface area contributed by atoms with Crippen molar-refractivity contribution in [2.45, 2.75) is 4.90 Å². The summed E-state index contributed by atoms with van der Waals surface area (Å²) in [6.45, 7) is 0. The van der Waals surface area contributed by atoms with Gasteiger partial charge in [0.1, 0.15) is 0 Å². The van der Waals surface area contributed by atoms with Crippen LogP contribution in [0.2, 0.25) is 0 Å². The van der Waals surface area contributed by atoms with E-state index >= 15 is 0 Å². The van der Waals surface area contributed by atoms with Crippen LogP contribution in [0.4, 0.5) is 0 Å². The third kappa shape index (κ3) is 3.59. The number of hydrogen-bond acceptors (Lipinski definition) is 3. The molecule has 0 spiro atoms. The Morgan fingerprint density at radius 1 is 1.20 bits per heavy atom. The number of ketones is 1. The first-order chi connectivity index (χ1) is 7.13. The summed E-state index contributed by atoms with van der Waals surface area (Å²) in [5, 5.41) is 8.35. The van der Waals surface area contributed by atoms with Gasteiger partial charge in [0.05, 0.1) is 0 Å². The van der Waals surface area contributed by atoms with Gasteiger partial charge < -0.3 is 5.11 Å². The maximum Gasteiger partial charge on any atom is 0.328 e. The summed E-state index contributed by atoms with van der Waals surface area (Å²) in [4.78, 5) is 22.6. The summed E-state index contributed by atoms with van der Waals surface area (Å²) in [5.41, 5.74) is 0.491. The van der Waals surface area contributed by atoms with Crippen LogP contribution in [0, 0.1) is 0 Å². The smallest absolute Gasteiger partial charge is 0.328 e. The van der Waals surface area contributed by atoms with Crippen molar-refractivity contribution in [1.29, 1.82) is 0 Å². The average molecular weight is 222 g/mol. The molecule has 78 valence electrons. The Labute approximate surface area is 91.8 Å². The standard InChI is InChI=1S/C11H10O3S/c1-15-9-4-2-8(3-5-9)10(12)6-7-11(13)14/h2-7H,1H3,(H,13,14). The molecule has 0 atom stereocenters. The predicted molar refractivity (Wildman–Crippen MR) is 59.3 cm³/mol. The largest absolute Gasteiger partial charge is 0.478 e. The minimum atomic E-state index is -1.12. The van der Waals surface area contributed by atoms with E-state index in [1.807, 2.05) is 18.4 Å². The highest BCUT2D eigenvalue weighted by atomic mass is 32.2. The van der Waals surface area contributed by atoms with Gasteiger partial charge in [0, 0.05) is 16.5 Å². The van der Waals surface area contributed by atoms with Crippen LogP contribution in [-0.2, 0) is 4.79 Å². The molecule has 0 saturated carbocycles. The van der Waals surface area contributed by atoms with E-state index in [1.165, 1.54) is 0 Å². The quantitative estimate of drug-likeness (QED) is 0.482. The molecule has 0 fully saturated rings. The van der Waals surface area contributed by atoms with Gasteiger partial charge in [-0.1, -0.05) is 0 Å². The van der Waals surface area contributed by atoms with Gasteiger partial charge in [0.25, 0.3) is 0 Å². The Kier molecular flexibility index (Phi) is 4.12. The van der Waals surface area contributed by atoms with Crippen LogP contribution in [0.1, 0.15) is 10.4 Å². The fourth-order valence-corrected chi connectivity index (χ4v) is 1.41. The molecular formula is C11H10O3S. The molecule has 3 nitrogen and oxygen atoms in total. The van der Waals surface area contributed by atoms with Gasteiger partial charge in [-0.2, -0.15) is 0 Å². The van der Waals surface area contributed by atoms with Crippen LogP contribution in [0.15, 0.2) is 41.3 Å². The van der Waals surface area contributed by atoms with E-state index in [-0.39, 0.29) is 5.78 Å². The van der Waals surface area contributed by atoms with Gasteiger partial charge in [0.2, 0.25) is 0 Å². The van der Waals surface area contributed by atoms with Gasteiger partial charge >= 0.3 is 5.97 Å². The maximum atomic E-state index is 11.4. The Hall–Kier alpha value is -1.55. The van der Waals surface area contributed by atoms with Gasteiger partial charge in [-0.05, 0) is 36.6 Å². The fraction of sp³-hybridized carbons (Fsp3) is 0.0909. The molecule has 0 amide bonds. The third-order valence-electron chi connectivity index (χ3n) is 1.75. The summed E-state index contributed by atoms with van der Waals surface area (Å²) in [6.07, 6.45) is 3.84. The van der Waals surface area contributed by atoms with Crippen molar-refractivity contribution in [2.75, 3.05) is 6.26 Å². The highest BCUT2D eigenvalue weighted by Gasteiger charge is 2.01. The topological polar surface area (TPSA) is 54.4 Å². The lowest BCUT2D eigenvalue weighted by Gasteiger charge is -1.97. The number of carboxylic acid groups (broad SMARTS) is 1. The lowest BCUT2D eigenvalue weighted by molar-refractivity contribution is -0.131. The summed E-state index contributed by atoms with van der Waals surface area (Å²) in [7, 11) is 0. The SMILES string of the molecule is CSc1ccc(C(=O)C=CC(=O)O)cc1. The molecule has 0 aromatic heterocycles. The number of benzene rings is 1. The van der Waals surface area contributed by atoms with Crippen LogP contribution >= 0.6 is 11.8 Å². The van der Waals surface area contributed by atoms with Gasteiger partial charge in [-0.25, -0.2) is 4.79 Å². The van der Waals surface area contributed by atoms with Crippen LogP contribution in [0.25, 0.3) is 0 Å². The second kappa shape index (κ2) is 5.36. The summed E-state index contributed by atoms with van der Waals surface area (Å²) in [5.74, 6) is -1.42. The highest BCUT2D eigenvalue weighted by Crippen LogP contribution is 2.15. The molecular weight excluding hydrogens is 212 g/mol. The molecule has 0 saturated heterocycles. The molecule has 0 radical (unpaired) electrons. The number of carbonyl (C=O) groups excluding carboxylic acids is 1. The maximum absolute atomic E-state index is 11.4. The fourth-order valence-electron chi connectivity index (χ4n) is 0.998. The summed E-state index contributed by atoms with van der Waals surface area (Å²) in [6, 6.07) is 7.01. The van der Waals surface area contributed by atoms with Crippen LogP contribution in [-0.4, -0.2) is 23.1 Å². The molecule has 0 aliphatic carbocycles. The number of allylic oxidation sites excluding steroid dienone is 1. The molecule has 4 heteroatoms. The Morgan fingerprint density at radius 2 is 1.80 bits per heavy atom. The van der Waals surface area contributed by atoms with Crippen molar-refractivity contribution < 1.29 is 14.7 Å². The lowest BCUT2D eigenvalue weighted by Crippen LogP contribution is -1.96. The molecule has 15 heavy (non-hydrogen) atoms. The van der Waals surface area contributed by atoms with E-state index in [4.69, 9.17) is 5.11 Å². The first kappa shape index (κ1) is 11.5. The van der Waals surface area contributed by atoms with Crippen molar-refractivity contribution in [3.05, 3.63) is 42.0 Å². The zero-order chi connectivity index (χ0) is 11.3. The van der Waals surface area contributed by atoms with E-state index in [0.29, 0.717) is 5.56 Å². The minimum Gasteiger partial charge on any atom is -0.478 e. The van der Waals surface area contributed by atoms with E-state index in [9.17, 15) is 9.59 Å². The lowest BCUT2D eigenvalue weighted by atomic mass is 10.1. The van der Waals surface area contributed by atoms with E-state index in [1.54, 1.807) is 23.9 Å². The Balaban J connectivity index is 2.79. The van der Waals surface area contributed by atoms with Gasteiger partial charge in [0.15, 0.2) is 5.78 Å². The van der Waals surface area contributed by atoms with Crippen molar-refractivity contribution in [2.24, 2.45) is 0 Å². The molecule has 1 rings (SSSR count). The van der Waals surface area contributed by atoms with Gasteiger partial charge in [-0.15, -0.1) is 11.8 Å². The minimum absolute atomic E-state index is 0.301. The summed E-state index contributed by atoms with van der Waals surface area (Å²) < 4.78 is 0. The molecule has 0 aliphatic heterocycles. The zero-order valence-corrected chi connectivity index (χ0v) is 8.95. The van der Waals surface area contributed by atoms with Crippen LogP contribution in [0.5, 0.6) is 0 Å². The predicted octanol–water partition coefficient (Wildman–Crippen LogP) is 2.23.